The Bertz CT molecular complexity index is 496. The van der Waals surface area contributed by atoms with E-state index in [9.17, 15) is 9.59 Å². The van der Waals surface area contributed by atoms with Crippen molar-refractivity contribution in [2.45, 2.75) is 32.7 Å². The Morgan fingerprint density at radius 1 is 1.23 bits per heavy atom. The summed E-state index contributed by atoms with van der Waals surface area (Å²) < 4.78 is 0. The molecule has 1 saturated heterocycles. The van der Waals surface area contributed by atoms with Gasteiger partial charge in [0.1, 0.15) is 0 Å². The number of nitrogens with one attached hydrogen (secondary N) is 3. The van der Waals surface area contributed by atoms with E-state index in [1.807, 2.05) is 37.3 Å². The van der Waals surface area contributed by atoms with Crippen LogP contribution >= 0.6 is 0 Å². The summed E-state index contributed by atoms with van der Waals surface area (Å²) in [6, 6.07) is 9.01. The Hall–Kier alpha value is -1.88. The summed E-state index contributed by atoms with van der Waals surface area (Å²) in [6.07, 6.45) is 2.24. The van der Waals surface area contributed by atoms with Crippen molar-refractivity contribution in [1.29, 1.82) is 0 Å². The highest BCUT2D eigenvalue weighted by Crippen LogP contribution is 2.14. The number of amides is 3. The molecule has 0 bridgehead atoms. The average molecular weight is 304 g/mol. The van der Waals surface area contributed by atoms with Crippen LogP contribution in [0.2, 0.25) is 0 Å². The SMILES string of the molecule is CCNC(=O)NC(=O)[C@@H](c1ccccc1)[NH+]1CCC(C)CC1. The van der Waals surface area contributed by atoms with Gasteiger partial charge in [-0.3, -0.25) is 10.1 Å². The minimum atomic E-state index is -0.418. The minimum absolute atomic E-state index is 0.221. The van der Waals surface area contributed by atoms with Crippen molar-refractivity contribution in [3.8, 4) is 0 Å². The number of imide groups is 1. The Labute approximate surface area is 132 Å². The first-order chi connectivity index (χ1) is 10.6. The molecule has 3 amide bonds. The van der Waals surface area contributed by atoms with Crippen LogP contribution in [0.4, 0.5) is 4.79 Å². The zero-order valence-corrected chi connectivity index (χ0v) is 13.4. The van der Waals surface area contributed by atoms with E-state index in [4.69, 9.17) is 0 Å². The van der Waals surface area contributed by atoms with Crippen LogP contribution in [0.1, 0.15) is 38.3 Å². The predicted octanol–water partition coefficient (Wildman–Crippen LogP) is 0.888. The average Bonchev–Trinajstić information content (AvgIpc) is 2.51. The van der Waals surface area contributed by atoms with Crippen LogP contribution in [-0.2, 0) is 4.79 Å². The molecular weight excluding hydrogens is 278 g/mol. The molecule has 1 aliphatic rings. The number of carbonyl (C=O) groups is 2. The molecule has 0 radical (unpaired) electrons. The Balaban J connectivity index is 2.15. The predicted molar refractivity (Wildman–Crippen MR) is 85.5 cm³/mol. The van der Waals surface area contributed by atoms with Gasteiger partial charge in [-0.15, -0.1) is 0 Å². The summed E-state index contributed by atoms with van der Waals surface area (Å²) in [4.78, 5) is 25.5. The van der Waals surface area contributed by atoms with E-state index < -0.39 is 6.03 Å². The lowest BCUT2D eigenvalue weighted by Crippen LogP contribution is -3.14. The second-order valence-electron chi connectivity index (χ2n) is 6.03. The summed E-state index contributed by atoms with van der Waals surface area (Å²) >= 11 is 0. The maximum Gasteiger partial charge on any atom is 0.321 e. The van der Waals surface area contributed by atoms with E-state index in [0.29, 0.717) is 12.5 Å². The molecule has 1 atom stereocenters. The molecule has 1 aromatic carbocycles. The molecule has 0 aliphatic carbocycles. The van der Waals surface area contributed by atoms with Crippen LogP contribution in [0.3, 0.4) is 0 Å². The van der Waals surface area contributed by atoms with Gasteiger partial charge in [-0.2, -0.15) is 0 Å². The number of piperidine rings is 1. The van der Waals surface area contributed by atoms with E-state index in [-0.39, 0.29) is 11.9 Å². The molecular formula is C17H26N3O2+. The maximum absolute atomic E-state index is 12.6. The fraction of sp³-hybridized carbons (Fsp3) is 0.529. The summed E-state index contributed by atoms with van der Waals surface area (Å²) in [7, 11) is 0. The zero-order valence-electron chi connectivity index (χ0n) is 13.4. The fourth-order valence-electron chi connectivity index (χ4n) is 3.03. The Morgan fingerprint density at radius 3 is 2.45 bits per heavy atom. The van der Waals surface area contributed by atoms with E-state index in [2.05, 4.69) is 17.6 Å². The Morgan fingerprint density at radius 2 is 1.86 bits per heavy atom. The lowest BCUT2D eigenvalue weighted by molar-refractivity contribution is -0.927. The summed E-state index contributed by atoms with van der Waals surface area (Å²) in [5.41, 5.74) is 0.967. The van der Waals surface area contributed by atoms with E-state index in [0.717, 1.165) is 31.5 Å². The van der Waals surface area contributed by atoms with Crippen molar-refractivity contribution >= 4 is 11.9 Å². The largest absolute Gasteiger partial charge is 0.338 e. The van der Waals surface area contributed by atoms with Gasteiger partial charge in [0.05, 0.1) is 13.1 Å². The first kappa shape index (κ1) is 16.5. The van der Waals surface area contributed by atoms with Crippen LogP contribution in [0.15, 0.2) is 30.3 Å². The highest BCUT2D eigenvalue weighted by Gasteiger charge is 2.34. The van der Waals surface area contributed by atoms with Gasteiger partial charge < -0.3 is 10.2 Å². The van der Waals surface area contributed by atoms with Crippen LogP contribution in [-0.4, -0.2) is 31.6 Å². The molecule has 5 nitrogen and oxygen atoms in total. The first-order valence-corrected chi connectivity index (χ1v) is 8.10. The van der Waals surface area contributed by atoms with Crippen molar-refractivity contribution in [2.75, 3.05) is 19.6 Å². The third-order valence-electron chi connectivity index (χ3n) is 4.29. The van der Waals surface area contributed by atoms with Crippen molar-refractivity contribution in [3.63, 3.8) is 0 Å². The smallest absolute Gasteiger partial charge is 0.321 e. The number of benzene rings is 1. The molecule has 22 heavy (non-hydrogen) atoms. The third-order valence-corrected chi connectivity index (χ3v) is 4.29. The van der Waals surface area contributed by atoms with Crippen molar-refractivity contribution in [2.24, 2.45) is 5.92 Å². The molecule has 1 aliphatic heterocycles. The lowest BCUT2D eigenvalue weighted by Gasteiger charge is -2.33. The number of urea groups is 1. The second-order valence-corrected chi connectivity index (χ2v) is 6.03. The van der Waals surface area contributed by atoms with Crippen molar-refractivity contribution in [1.82, 2.24) is 10.6 Å². The highest BCUT2D eigenvalue weighted by molar-refractivity contribution is 5.96. The number of likely N-dealkylation sites (tertiary alicyclic amines) is 1. The van der Waals surface area contributed by atoms with E-state index >= 15 is 0 Å². The van der Waals surface area contributed by atoms with Gasteiger partial charge in [0.25, 0.3) is 5.91 Å². The van der Waals surface area contributed by atoms with Crippen LogP contribution in [0, 0.1) is 5.92 Å². The quantitative estimate of drug-likeness (QED) is 0.773. The normalized spacial score (nSPS) is 22.6. The van der Waals surface area contributed by atoms with E-state index in [1.165, 1.54) is 4.90 Å². The zero-order chi connectivity index (χ0) is 15.9. The molecule has 1 heterocycles. The molecule has 3 N–H and O–H groups in total. The van der Waals surface area contributed by atoms with Gasteiger partial charge in [0.15, 0.2) is 6.04 Å². The van der Waals surface area contributed by atoms with Gasteiger partial charge in [-0.05, 0) is 25.7 Å². The number of carbonyl (C=O) groups excluding carboxylic acids is 2. The molecule has 0 spiro atoms. The van der Waals surface area contributed by atoms with Crippen molar-refractivity contribution in [3.05, 3.63) is 35.9 Å². The molecule has 5 heteroatoms. The molecule has 120 valence electrons. The van der Waals surface area contributed by atoms with Crippen LogP contribution < -0.4 is 15.5 Å². The van der Waals surface area contributed by atoms with Crippen molar-refractivity contribution < 1.29 is 14.5 Å². The molecule has 2 rings (SSSR count). The van der Waals surface area contributed by atoms with Gasteiger partial charge >= 0.3 is 6.03 Å². The number of hydrogen-bond acceptors (Lipinski definition) is 2. The highest BCUT2D eigenvalue weighted by atomic mass is 16.2. The standard InChI is InChI=1S/C17H25N3O2/c1-3-18-17(22)19-16(21)15(14-7-5-4-6-8-14)20-11-9-13(2)10-12-20/h4-8,13,15H,3,9-12H2,1-2H3,(H2,18,19,21,22)/p+1/t15-/m1/s1. The van der Waals surface area contributed by atoms with Crippen LogP contribution in [0.5, 0.6) is 0 Å². The summed E-state index contributed by atoms with van der Waals surface area (Å²) in [6.45, 7) is 6.51. The number of rotatable bonds is 4. The number of hydrogen-bond donors (Lipinski definition) is 3. The van der Waals surface area contributed by atoms with Gasteiger partial charge in [0, 0.05) is 12.1 Å². The Kier molecular flexibility index (Phi) is 5.95. The lowest BCUT2D eigenvalue weighted by atomic mass is 9.95. The fourth-order valence-corrected chi connectivity index (χ4v) is 3.03. The molecule has 1 aromatic rings. The number of quaternary nitrogens is 1. The monoisotopic (exact) mass is 304 g/mol. The molecule has 0 saturated carbocycles. The second kappa shape index (κ2) is 7.94. The van der Waals surface area contributed by atoms with Gasteiger partial charge in [-0.1, -0.05) is 37.3 Å². The molecule has 0 unspecified atom stereocenters. The summed E-state index contributed by atoms with van der Waals surface area (Å²) in [5.74, 6) is 0.494. The van der Waals surface area contributed by atoms with Gasteiger partial charge in [0.2, 0.25) is 0 Å². The van der Waals surface area contributed by atoms with Crippen LogP contribution in [0.25, 0.3) is 0 Å². The third kappa shape index (κ3) is 4.31. The topological polar surface area (TPSA) is 62.6 Å². The first-order valence-electron chi connectivity index (χ1n) is 8.10. The maximum atomic E-state index is 12.6. The molecule has 1 fully saturated rings. The van der Waals surface area contributed by atoms with E-state index in [1.54, 1.807) is 0 Å². The van der Waals surface area contributed by atoms with Gasteiger partial charge in [-0.25, -0.2) is 4.79 Å². The minimum Gasteiger partial charge on any atom is -0.338 e. The molecule has 0 aromatic heterocycles. The summed E-state index contributed by atoms with van der Waals surface area (Å²) in [5, 5.41) is 5.09.